The van der Waals surface area contributed by atoms with Crippen LogP contribution in [0, 0.1) is 0 Å². The number of ether oxygens (including phenoxy) is 1. The Balaban J connectivity index is 1.79. The molecule has 0 saturated heterocycles. The van der Waals surface area contributed by atoms with Crippen molar-refractivity contribution in [2.75, 3.05) is 12.4 Å². The van der Waals surface area contributed by atoms with E-state index in [1.165, 1.54) is 0 Å². The fraction of sp³-hybridized carbons (Fsp3) is 0.0952. The highest BCUT2D eigenvalue weighted by molar-refractivity contribution is 6.17. The molecule has 1 aromatic heterocycles. The van der Waals surface area contributed by atoms with Crippen LogP contribution < -0.4 is 10.1 Å². The molecular weight excluding hydrogens is 326 g/mol. The molecule has 1 aliphatic rings. The number of aromatic nitrogens is 1. The Morgan fingerprint density at radius 2 is 1.85 bits per heavy atom. The van der Waals surface area contributed by atoms with Gasteiger partial charge in [0, 0.05) is 24.0 Å². The summed E-state index contributed by atoms with van der Waals surface area (Å²) in [7, 11) is 1.61. The van der Waals surface area contributed by atoms with Gasteiger partial charge in [0.15, 0.2) is 0 Å². The summed E-state index contributed by atoms with van der Waals surface area (Å²) in [4.78, 5) is 21.2. The third-order valence-corrected chi connectivity index (χ3v) is 4.25. The molecule has 0 saturated carbocycles. The Morgan fingerprint density at radius 3 is 2.65 bits per heavy atom. The maximum absolute atomic E-state index is 12.3. The average Bonchev–Trinajstić information content (AvgIpc) is 2.86. The SMILES string of the molecule is COc1ccc2c(c1)N=C(c1cccc(-c3cccnc3)c1)CC(=O)N2. The number of anilines is 1. The van der Waals surface area contributed by atoms with Crippen molar-refractivity contribution in [1.82, 2.24) is 4.98 Å². The summed E-state index contributed by atoms with van der Waals surface area (Å²) in [5, 5.41) is 2.90. The van der Waals surface area contributed by atoms with E-state index in [9.17, 15) is 4.79 Å². The zero-order valence-corrected chi connectivity index (χ0v) is 14.3. The van der Waals surface area contributed by atoms with Gasteiger partial charge in [-0.3, -0.25) is 9.78 Å². The predicted molar refractivity (Wildman–Crippen MR) is 102 cm³/mol. The van der Waals surface area contributed by atoms with Crippen molar-refractivity contribution < 1.29 is 9.53 Å². The van der Waals surface area contributed by atoms with Gasteiger partial charge in [-0.1, -0.05) is 24.3 Å². The third kappa shape index (κ3) is 3.19. The Bertz CT molecular complexity index is 997. The second-order valence-corrected chi connectivity index (χ2v) is 5.99. The van der Waals surface area contributed by atoms with E-state index in [1.54, 1.807) is 13.3 Å². The highest BCUT2D eigenvalue weighted by atomic mass is 16.5. The van der Waals surface area contributed by atoms with Gasteiger partial charge in [-0.2, -0.15) is 0 Å². The predicted octanol–water partition coefficient (Wildman–Crippen LogP) is 4.22. The number of hydrogen-bond donors (Lipinski definition) is 1. The first-order chi connectivity index (χ1) is 12.7. The summed E-state index contributed by atoms with van der Waals surface area (Å²) in [6.45, 7) is 0. The molecule has 128 valence electrons. The standard InChI is InChI=1S/C21H17N3O2/c1-26-17-7-8-18-20(11-17)23-19(12-21(25)24-18)15-5-2-4-14(10-15)16-6-3-9-22-13-16/h2-11,13H,12H2,1H3,(H,24,25). The van der Waals surface area contributed by atoms with Gasteiger partial charge in [0.25, 0.3) is 0 Å². The summed E-state index contributed by atoms with van der Waals surface area (Å²) < 4.78 is 5.28. The largest absolute Gasteiger partial charge is 0.497 e. The lowest BCUT2D eigenvalue weighted by molar-refractivity contribution is -0.115. The van der Waals surface area contributed by atoms with E-state index >= 15 is 0 Å². The van der Waals surface area contributed by atoms with Crippen molar-refractivity contribution in [3.8, 4) is 16.9 Å². The van der Waals surface area contributed by atoms with Crippen molar-refractivity contribution in [3.63, 3.8) is 0 Å². The van der Waals surface area contributed by atoms with Gasteiger partial charge in [0.2, 0.25) is 5.91 Å². The molecule has 1 amide bonds. The van der Waals surface area contributed by atoms with Gasteiger partial charge in [-0.15, -0.1) is 0 Å². The minimum Gasteiger partial charge on any atom is -0.497 e. The smallest absolute Gasteiger partial charge is 0.230 e. The molecule has 2 aromatic carbocycles. The van der Waals surface area contributed by atoms with Gasteiger partial charge < -0.3 is 10.1 Å². The Morgan fingerprint density at radius 1 is 1.00 bits per heavy atom. The maximum Gasteiger partial charge on any atom is 0.230 e. The summed E-state index contributed by atoms with van der Waals surface area (Å²) in [6.07, 6.45) is 3.78. The molecular formula is C21H17N3O2. The molecule has 5 heteroatoms. The van der Waals surface area contributed by atoms with Crippen LogP contribution in [0.4, 0.5) is 11.4 Å². The molecule has 0 spiro atoms. The van der Waals surface area contributed by atoms with Gasteiger partial charge in [0.05, 0.1) is 30.6 Å². The van der Waals surface area contributed by atoms with Gasteiger partial charge in [0.1, 0.15) is 5.75 Å². The number of nitrogens with one attached hydrogen (secondary N) is 1. The van der Waals surface area contributed by atoms with Crippen LogP contribution >= 0.6 is 0 Å². The third-order valence-electron chi connectivity index (χ3n) is 4.25. The lowest BCUT2D eigenvalue weighted by Gasteiger charge is -2.07. The number of nitrogens with zero attached hydrogens (tertiary/aromatic N) is 2. The quantitative estimate of drug-likeness (QED) is 0.774. The van der Waals surface area contributed by atoms with E-state index in [1.807, 2.05) is 60.8 Å². The van der Waals surface area contributed by atoms with Crippen LogP contribution in [0.25, 0.3) is 11.1 Å². The van der Waals surface area contributed by atoms with Crippen LogP contribution in [0.3, 0.4) is 0 Å². The fourth-order valence-electron chi connectivity index (χ4n) is 2.95. The molecule has 1 N–H and O–H groups in total. The number of pyridine rings is 1. The number of rotatable bonds is 3. The molecule has 2 heterocycles. The number of carbonyl (C=O) groups excluding carboxylic acids is 1. The molecule has 1 aliphatic heterocycles. The van der Waals surface area contributed by atoms with Crippen LogP contribution in [0.5, 0.6) is 5.75 Å². The zero-order valence-electron chi connectivity index (χ0n) is 14.3. The molecule has 4 rings (SSSR count). The summed E-state index contributed by atoms with van der Waals surface area (Å²) in [5.41, 5.74) is 5.08. The van der Waals surface area contributed by atoms with E-state index in [4.69, 9.17) is 9.73 Å². The molecule has 26 heavy (non-hydrogen) atoms. The van der Waals surface area contributed by atoms with Crippen molar-refractivity contribution >= 4 is 23.0 Å². The molecule has 0 unspecified atom stereocenters. The number of fused-ring (bicyclic) bond motifs is 1. The first-order valence-electron chi connectivity index (χ1n) is 8.29. The minimum atomic E-state index is -0.0838. The first-order valence-corrected chi connectivity index (χ1v) is 8.29. The average molecular weight is 343 g/mol. The van der Waals surface area contributed by atoms with Crippen molar-refractivity contribution in [1.29, 1.82) is 0 Å². The second kappa shape index (κ2) is 6.80. The van der Waals surface area contributed by atoms with Crippen molar-refractivity contribution in [3.05, 3.63) is 72.6 Å². The van der Waals surface area contributed by atoms with E-state index in [0.29, 0.717) is 17.1 Å². The van der Waals surface area contributed by atoms with Gasteiger partial charge >= 0.3 is 0 Å². The molecule has 0 bridgehead atoms. The van der Waals surface area contributed by atoms with E-state index in [0.717, 1.165) is 22.4 Å². The summed E-state index contributed by atoms with van der Waals surface area (Å²) in [5.74, 6) is 0.617. The van der Waals surface area contributed by atoms with Crippen LogP contribution in [-0.4, -0.2) is 23.7 Å². The lowest BCUT2D eigenvalue weighted by Crippen LogP contribution is -2.14. The molecule has 3 aromatic rings. The number of carbonyl (C=O) groups is 1. The monoisotopic (exact) mass is 343 g/mol. The normalized spacial score (nSPS) is 13.3. The Labute approximate surface area is 151 Å². The number of methoxy groups -OCH3 is 1. The topological polar surface area (TPSA) is 63.6 Å². The molecule has 0 atom stereocenters. The Kier molecular flexibility index (Phi) is 4.19. The summed E-state index contributed by atoms with van der Waals surface area (Å²) in [6, 6.07) is 17.4. The van der Waals surface area contributed by atoms with E-state index < -0.39 is 0 Å². The molecule has 0 aliphatic carbocycles. The zero-order chi connectivity index (χ0) is 17.9. The summed E-state index contributed by atoms with van der Waals surface area (Å²) >= 11 is 0. The lowest BCUT2D eigenvalue weighted by atomic mass is 10.0. The second-order valence-electron chi connectivity index (χ2n) is 5.99. The fourth-order valence-corrected chi connectivity index (χ4v) is 2.95. The highest BCUT2D eigenvalue weighted by Crippen LogP contribution is 2.33. The van der Waals surface area contributed by atoms with Crippen LogP contribution in [0.15, 0.2) is 72.0 Å². The van der Waals surface area contributed by atoms with Crippen molar-refractivity contribution in [2.24, 2.45) is 4.99 Å². The molecule has 0 radical (unpaired) electrons. The van der Waals surface area contributed by atoms with Crippen molar-refractivity contribution in [2.45, 2.75) is 6.42 Å². The Hall–Kier alpha value is -3.47. The van der Waals surface area contributed by atoms with Crippen LogP contribution in [0.2, 0.25) is 0 Å². The van der Waals surface area contributed by atoms with E-state index in [2.05, 4.69) is 10.3 Å². The van der Waals surface area contributed by atoms with Gasteiger partial charge in [-0.05, 0) is 35.4 Å². The highest BCUT2D eigenvalue weighted by Gasteiger charge is 2.18. The molecule has 0 fully saturated rings. The molecule has 5 nitrogen and oxygen atoms in total. The van der Waals surface area contributed by atoms with Crippen LogP contribution in [0.1, 0.15) is 12.0 Å². The first kappa shape index (κ1) is 16.0. The number of aliphatic imine (C=N–C) groups is 1. The van der Waals surface area contributed by atoms with Crippen LogP contribution in [-0.2, 0) is 4.79 Å². The maximum atomic E-state index is 12.3. The van der Waals surface area contributed by atoms with E-state index in [-0.39, 0.29) is 12.3 Å². The number of hydrogen-bond acceptors (Lipinski definition) is 4. The number of amides is 1. The van der Waals surface area contributed by atoms with Gasteiger partial charge in [-0.25, -0.2) is 4.99 Å². The minimum absolute atomic E-state index is 0.0838. The number of benzene rings is 2.